The molecule has 26 heavy (non-hydrogen) atoms. The minimum atomic E-state index is -3.52. The molecule has 1 aromatic carbocycles. The van der Waals surface area contributed by atoms with Crippen LogP contribution in [-0.2, 0) is 10.0 Å². The second-order valence-electron chi connectivity index (χ2n) is 6.24. The zero-order chi connectivity index (χ0) is 18.6. The smallest absolute Gasteiger partial charge is 0.275 e. The number of rotatable bonds is 5. The van der Waals surface area contributed by atoms with Crippen LogP contribution < -0.4 is 5.32 Å². The van der Waals surface area contributed by atoms with Crippen LogP contribution >= 0.6 is 0 Å². The maximum absolute atomic E-state index is 12.9. The number of piperidine rings is 1. The topological polar surface area (TPSA) is 92.3 Å². The summed E-state index contributed by atoms with van der Waals surface area (Å²) in [5.74, 6) is -0.393. The van der Waals surface area contributed by atoms with Crippen LogP contribution in [0.2, 0.25) is 0 Å². The zero-order valence-corrected chi connectivity index (χ0v) is 15.4. The summed E-state index contributed by atoms with van der Waals surface area (Å²) in [5.41, 5.74) is 0.702. The summed E-state index contributed by atoms with van der Waals surface area (Å²) in [5, 5.41) is 2.69. The van der Waals surface area contributed by atoms with Crippen molar-refractivity contribution in [3.8, 4) is 0 Å². The van der Waals surface area contributed by atoms with Crippen LogP contribution in [0.3, 0.4) is 0 Å². The molecule has 0 radical (unpaired) electrons. The molecule has 1 aromatic heterocycles. The van der Waals surface area contributed by atoms with E-state index in [1.165, 1.54) is 30.7 Å². The summed E-state index contributed by atoms with van der Waals surface area (Å²) in [6.45, 7) is 2.58. The van der Waals surface area contributed by atoms with Crippen molar-refractivity contribution in [2.45, 2.75) is 43.5 Å². The van der Waals surface area contributed by atoms with Crippen LogP contribution in [0.25, 0.3) is 0 Å². The molecule has 7 nitrogen and oxygen atoms in total. The monoisotopic (exact) mass is 374 g/mol. The van der Waals surface area contributed by atoms with Gasteiger partial charge in [0.05, 0.1) is 11.1 Å². The van der Waals surface area contributed by atoms with E-state index in [0.717, 1.165) is 25.7 Å². The van der Waals surface area contributed by atoms with Gasteiger partial charge in [-0.05, 0) is 43.5 Å². The quantitative estimate of drug-likeness (QED) is 0.869. The number of aromatic nitrogens is 2. The number of nitrogens with zero attached hydrogens (tertiary/aromatic N) is 3. The van der Waals surface area contributed by atoms with Gasteiger partial charge in [0.2, 0.25) is 10.0 Å². The molecule has 1 aliphatic rings. The molecule has 0 saturated carbocycles. The highest BCUT2D eigenvalue weighted by atomic mass is 32.2. The maximum atomic E-state index is 12.9. The second-order valence-corrected chi connectivity index (χ2v) is 8.13. The molecule has 3 rings (SSSR count). The van der Waals surface area contributed by atoms with Gasteiger partial charge in [0, 0.05) is 30.7 Å². The Labute approximate surface area is 153 Å². The highest BCUT2D eigenvalue weighted by Gasteiger charge is 2.32. The van der Waals surface area contributed by atoms with E-state index in [2.05, 4.69) is 15.3 Å². The first-order valence-corrected chi connectivity index (χ1v) is 10.2. The highest BCUT2D eigenvalue weighted by Crippen LogP contribution is 2.27. The van der Waals surface area contributed by atoms with Crippen molar-refractivity contribution < 1.29 is 13.2 Å². The molecule has 1 saturated heterocycles. The van der Waals surface area contributed by atoms with Gasteiger partial charge in [0.1, 0.15) is 5.69 Å². The third-order valence-electron chi connectivity index (χ3n) is 4.56. The minimum absolute atomic E-state index is 0.0600. The van der Waals surface area contributed by atoms with Gasteiger partial charge in [0.25, 0.3) is 5.91 Å². The average molecular weight is 374 g/mol. The molecular formula is C18H22N4O3S. The number of sulfonamides is 1. The molecule has 1 aliphatic heterocycles. The molecule has 2 heterocycles. The lowest BCUT2D eigenvalue weighted by atomic mass is 10.0. The normalized spacial score (nSPS) is 18.4. The summed E-state index contributed by atoms with van der Waals surface area (Å²) in [6.07, 6.45) is 7.97. The predicted molar refractivity (Wildman–Crippen MR) is 98.2 cm³/mol. The van der Waals surface area contributed by atoms with E-state index in [-0.39, 0.29) is 16.6 Å². The van der Waals surface area contributed by atoms with Crippen LogP contribution in [-0.4, -0.2) is 41.2 Å². The van der Waals surface area contributed by atoms with Crippen molar-refractivity contribution in [3.63, 3.8) is 0 Å². The number of carbonyl (C=O) groups is 1. The lowest BCUT2D eigenvalue weighted by molar-refractivity contribution is 0.102. The maximum Gasteiger partial charge on any atom is 0.275 e. The molecule has 1 fully saturated rings. The third kappa shape index (κ3) is 3.91. The molecule has 1 N–H and O–H groups in total. The fourth-order valence-electron chi connectivity index (χ4n) is 3.16. The largest absolute Gasteiger partial charge is 0.321 e. The number of hydrogen-bond donors (Lipinski definition) is 1. The van der Waals surface area contributed by atoms with Crippen LogP contribution in [0.4, 0.5) is 5.69 Å². The number of carbonyl (C=O) groups excluding carboxylic acids is 1. The minimum Gasteiger partial charge on any atom is -0.321 e. The average Bonchev–Trinajstić information content (AvgIpc) is 2.69. The summed E-state index contributed by atoms with van der Waals surface area (Å²) in [6, 6.07) is 6.30. The van der Waals surface area contributed by atoms with Crippen LogP contribution in [0.5, 0.6) is 0 Å². The molecule has 0 bridgehead atoms. The van der Waals surface area contributed by atoms with Crippen molar-refractivity contribution in [3.05, 3.63) is 48.5 Å². The first-order chi connectivity index (χ1) is 12.5. The van der Waals surface area contributed by atoms with Gasteiger partial charge in [-0.2, -0.15) is 4.31 Å². The Morgan fingerprint density at radius 1 is 1.23 bits per heavy atom. The molecule has 2 aromatic rings. The van der Waals surface area contributed by atoms with Crippen LogP contribution in [0.1, 0.15) is 43.1 Å². The van der Waals surface area contributed by atoms with Crippen molar-refractivity contribution >= 4 is 21.6 Å². The number of benzene rings is 1. The number of nitrogens with one attached hydrogen (secondary N) is 1. The lowest BCUT2D eigenvalue weighted by Crippen LogP contribution is -2.43. The first kappa shape index (κ1) is 18.5. The summed E-state index contributed by atoms with van der Waals surface area (Å²) in [4.78, 5) is 20.1. The van der Waals surface area contributed by atoms with Crippen LogP contribution in [0.15, 0.2) is 47.8 Å². The Balaban J connectivity index is 1.75. The van der Waals surface area contributed by atoms with Gasteiger partial charge in [-0.25, -0.2) is 13.4 Å². The molecule has 1 atom stereocenters. The van der Waals surface area contributed by atoms with Gasteiger partial charge in [0.15, 0.2) is 0 Å². The molecule has 0 spiro atoms. The van der Waals surface area contributed by atoms with Gasteiger partial charge >= 0.3 is 0 Å². The summed E-state index contributed by atoms with van der Waals surface area (Å²) < 4.78 is 27.5. The van der Waals surface area contributed by atoms with Gasteiger partial charge < -0.3 is 5.32 Å². The Morgan fingerprint density at radius 2 is 2.00 bits per heavy atom. The summed E-state index contributed by atoms with van der Waals surface area (Å²) in [7, 11) is -3.52. The zero-order valence-electron chi connectivity index (χ0n) is 14.6. The fraction of sp³-hybridized carbons (Fsp3) is 0.389. The summed E-state index contributed by atoms with van der Waals surface area (Å²) >= 11 is 0. The lowest BCUT2D eigenvalue weighted by Gasteiger charge is -2.34. The molecule has 0 unspecified atom stereocenters. The molecule has 138 valence electrons. The Morgan fingerprint density at radius 3 is 2.65 bits per heavy atom. The number of amides is 1. The van der Waals surface area contributed by atoms with Gasteiger partial charge in [-0.1, -0.05) is 13.3 Å². The fourth-order valence-corrected chi connectivity index (χ4v) is 4.92. The second kappa shape index (κ2) is 7.92. The van der Waals surface area contributed by atoms with Gasteiger partial charge in [-0.3, -0.25) is 9.78 Å². The Kier molecular flexibility index (Phi) is 5.63. The van der Waals surface area contributed by atoms with Crippen LogP contribution in [0, 0.1) is 0 Å². The highest BCUT2D eigenvalue weighted by molar-refractivity contribution is 7.89. The molecular weight excluding hydrogens is 352 g/mol. The standard InChI is InChI=1S/C18H22N4O3S/c1-2-15-5-3-4-12-22(15)26(24,25)16-8-6-14(7-9-16)21-18(23)17-13-19-10-11-20-17/h6-11,13,15H,2-5,12H2,1H3,(H,21,23)/t15-/m0/s1. The number of hydrogen-bond acceptors (Lipinski definition) is 5. The van der Waals surface area contributed by atoms with Crippen molar-refractivity contribution in [2.24, 2.45) is 0 Å². The predicted octanol–water partition coefficient (Wildman–Crippen LogP) is 2.68. The van der Waals surface area contributed by atoms with E-state index < -0.39 is 15.9 Å². The molecule has 1 amide bonds. The van der Waals surface area contributed by atoms with Gasteiger partial charge in [-0.15, -0.1) is 0 Å². The Hall–Kier alpha value is -2.32. The number of anilines is 1. The van der Waals surface area contributed by atoms with E-state index in [9.17, 15) is 13.2 Å². The van der Waals surface area contributed by atoms with E-state index in [0.29, 0.717) is 12.2 Å². The van der Waals surface area contributed by atoms with Crippen molar-refractivity contribution in [2.75, 3.05) is 11.9 Å². The van der Waals surface area contributed by atoms with Crippen molar-refractivity contribution in [1.29, 1.82) is 0 Å². The SMILES string of the molecule is CC[C@H]1CCCCN1S(=O)(=O)c1ccc(NC(=O)c2cnccn2)cc1. The first-order valence-electron chi connectivity index (χ1n) is 8.71. The molecule has 8 heteroatoms. The molecule has 0 aliphatic carbocycles. The van der Waals surface area contributed by atoms with E-state index >= 15 is 0 Å². The van der Waals surface area contributed by atoms with E-state index in [4.69, 9.17) is 0 Å². The van der Waals surface area contributed by atoms with Crippen molar-refractivity contribution in [1.82, 2.24) is 14.3 Å². The third-order valence-corrected chi connectivity index (χ3v) is 6.53. The Bertz CT molecular complexity index is 854. The van der Waals surface area contributed by atoms with E-state index in [1.807, 2.05) is 6.92 Å². The van der Waals surface area contributed by atoms with E-state index in [1.54, 1.807) is 16.4 Å².